The number of nitrogens with zero attached hydrogens (tertiary/aromatic N) is 6. The van der Waals surface area contributed by atoms with E-state index in [1.54, 1.807) is 57.2 Å². The largest absolute Gasteiger partial charge is 0.456 e. The number of carbonyl (C=O) groups excluding carboxylic acids is 4. The van der Waals surface area contributed by atoms with Crippen molar-refractivity contribution in [1.29, 1.82) is 0 Å². The van der Waals surface area contributed by atoms with Crippen LogP contribution in [0.15, 0.2) is 79.1 Å². The van der Waals surface area contributed by atoms with Crippen LogP contribution in [0.1, 0.15) is 36.7 Å². The normalized spacial score (nSPS) is 14.4. The summed E-state index contributed by atoms with van der Waals surface area (Å²) in [6.07, 6.45) is 1.53. The standard InChI is InChI=1S/C31H30ClN7O5/c1-31(2,3)44-30(43)21-10-7-11-23(17-21)34-27(40)26(16-20-8-5-4-6-9-20)38-15-14-37(28(41)29(38)42)25-18-22(32)12-13-24(25)39-19-33-35-36-39/h4-13,17-19,26H,14-16H2,1-3H3,(H,34,40). The van der Waals surface area contributed by atoms with E-state index in [4.69, 9.17) is 16.3 Å². The third kappa shape index (κ3) is 6.92. The number of nitrogens with one attached hydrogen (secondary N) is 1. The van der Waals surface area contributed by atoms with E-state index in [2.05, 4.69) is 20.8 Å². The lowest BCUT2D eigenvalue weighted by Crippen LogP contribution is -2.60. The van der Waals surface area contributed by atoms with Crippen LogP contribution in [0.5, 0.6) is 0 Å². The van der Waals surface area contributed by atoms with E-state index < -0.39 is 35.3 Å². The van der Waals surface area contributed by atoms with Gasteiger partial charge in [-0.25, -0.2) is 4.79 Å². The summed E-state index contributed by atoms with van der Waals surface area (Å²) >= 11 is 6.26. The summed E-state index contributed by atoms with van der Waals surface area (Å²) in [4.78, 5) is 56.3. The average Bonchev–Trinajstić information content (AvgIpc) is 3.52. The minimum Gasteiger partial charge on any atom is -0.456 e. The van der Waals surface area contributed by atoms with Gasteiger partial charge in [-0.2, -0.15) is 4.68 Å². The van der Waals surface area contributed by atoms with Crippen molar-refractivity contribution in [1.82, 2.24) is 25.1 Å². The molecule has 0 radical (unpaired) electrons. The van der Waals surface area contributed by atoms with Gasteiger partial charge in [0.15, 0.2) is 0 Å². The Morgan fingerprint density at radius 3 is 2.43 bits per heavy atom. The zero-order chi connectivity index (χ0) is 31.4. The highest BCUT2D eigenvalue weighted by Crippen LogP contribution is 2.30. The monoisotopic (exact) mass is 615 g/mol. The summed E-state index contributed by atoms with van der Waals surface area (Å²) in [6, 6.07) is 19.4. The molecule has 4 aromatic rings. The first-order valence-corrected chi connectivity index (χ1v) is 14.2. The number of piperazine rings is 1. The fraction of sp³-hybridized carbons (Fsp3) is 0.258. The number of halogens is 1. The van der Waals surface area contributed by atoms with E-state index >= 15 is 0 Å². The average molecular weight is 616 g/mol. The number of hydrogen-bond acceptors (Lipinski definition) is 8. The lowest BCUT2D eigenvalue weighted by molar-refractivity contribution is -0.149. The number of carbonyl (C=O) groups is 4. The van der Waals surface area contributed by atoms with Crippen LogP contribution in [-0.2, 0) is 25.5 Å². The van der Waals surface area contributed by atoms with Crippen molar-refractivity contribution >= 4 is 46.7 Å². The van der Waals surface area contributed by atoms with Crippen molar-refractivity contribution in [3.8, 4) is 5.69 Å². The molecule has 13 heteroatoms. The van der Waals surface area contributed by atoms with Gasteiger partial charge < -0.3 is 19.9 Å². The van der Waals surface area contributed by atoms with Gasteiger partial charge >= 0.3 is 17.8 Å². The number of tetrazole rings is 1. The Bertz CT molecular complexity index is 1690. The Labute approximate surface area is 258 Å². The van der Waals surface area contributed by atoms with E-state index in [0.29, 0.717) is 22.1 Å². The van der Waals surface area contributed by atoms with Crippen LogP contribution in [0.2, 0.25) is 5.02 Å². The van der Waals surface area contributed by atoms with E-state index in [9.17, 15) is 19.2 Å². The van der Waals surface area contributed by atoms with Crippen LogP contribution >= 0.6 is 11.6 Å². The number of amides is 3. The molecule has 0 spiro atoms. The highest BCUT2D eigenvalue weighted by molar-refractivity contribution is 6.41. The molecule has 3 amide bonds. The van der Waals surface area contributed by atoms with Gasteiger partial charge in [0.2, 0.25) is 5.91 Å². The highest BCUT2D eigenvalue weighted by Gasteiger charge is 2.40. The van der Waals surface area contributed by atoms with Crippen molar-refractivity contribution in [2.75, 3.05) is 23.3 Å². The number of benzene rings is 3. The van der Waals surface area contributed by atoms with Gasteiger partial charge in [-0.1, -0.05) is 48.0 Å². The van der Waals surface area contributed by atoms with Gasteiger partial charge in [0, 0.05) is 30.2 Å². The minimum atomic E-state index is -1.03. The van der Waals surface area contributed by atoms with Gasteiger partial charge in [-0.05, 0) is 73.2 Å². The molecule has 1 aliphatic heterocycles. The van der Waals surface area contributed by atoms with Gasteiger partial charge in [-0.15, -0.1) is 5.10 Å². The van der Waals surface area contributed by atoms with Crippen LogP contribution in [0.25, 0.3) is 5.69 Å². The Balaban J connectivity index is 1.41. The number of anilines is 2. The van der Waals surface area contributed by atoms with Crippen LogP contribution in [0.4, 0.5) is 11.4 Å². The predicted molar refractivity (Wildman–Crippen MR) is 162 cm³/mol. The Morgan fingerprint density at radius 1 is 0.955 bits per heavy atom. The molecule has 226 valence electrons. The molecular formula is C31H30ClN7O5. The van der Waals surface area contributed by atoms with Crippen molar-refractivity contribution in [2.24, 2.45) is 0 Å². The molecule has 0 aliphatic carbocycles. The first-order valence-electron chi connectivity index (χ1n) is 13.8. The van der Waals surface area contributed by atoms with Crippen LogP contribution in [0.3, 0.4) is 0 Å². The Kier molecular flexibility index (Phi) is 8.72. The lowest BCUT2D eigenvalue weighted by atomic mass is 10.0. The topological polar surface area (TPSA) is 140 Å². The molecule has 1 aromatic heterocycles. The summed E-state index contributed by atoms with van der Waals surface area (Å²) in [5.41, 5.74) is 1.53. The minimum absolute atomic E-state index is 0.0645. The zero-order valence-corrected chi connectivity index (χ0v) is 25.1. The van der Waals surface area contributed by atoms with Crippen molar-refractivity contribution in [3.63, 3.8) is 0 Å². The quantitative estimate of drug-likeness (QED) is 0.234. The summed E-state index contributed by atoms with van der Waals surface area (Å²) in [5, 5.41) is 14.4. The zero-order valence-electron chi connectivity index (χ0n) is 24.3. The highest BCUT2D eigenvalue weighted by atomic mass is 35.5. The fourth-order valence-electron chi connectivity index (χ4n) is 4.82. The molecule has 0 saturated carbocycles. The fourth-order valence-corrected chi connectivity index (χ4v) is 4.99. The third-order valence-electron chi connectivity index (χ3n) is 6.79. The molecule has 1 saturated heterocycles. The molecule has 0 bridgehead atoms. The van der Waals surface area contributed by atoms with E-state index in [0.717, 1.165) is 5.56 Å². The van der Waals surface area contributed by atoms with Crippen LogP contribution < -0.4 is 10.2 Å². The molecule has 1 fully saturated rings. The molecule has 3 aromatic carbocycles. The number of hydrogen-bond donors (Lipinski definition) is 1. The molecule has 2 heterocycles. The number of aromatic nitrogens is 4. The molecule has 12 nitrogen and oxygen atoms in total. The molecule has 1 aliphatic rings. The van der Waals surface area contributed by atoms with Crippen molar-refractivity contribution in [2.45, 2.75) is 38.8 Å². The molecule has 1 atom stereocenters. The Morgan fingerprint density at radius 2 is 1.73 bits per heavy atom. The van der Waals surface area contributed by atoms with Crippen molar-refractivity contribution in [3.05, 3.63) is 95.3 Å². The maximum atomic E-state index is 13.8. The SMILES string of the molecule is CC(C)(C)OC(=O)c1cccc(NC(=O)C(Cc2ccccc2)N2CCN(c3cc(Cl)ccc3-n3cnnn3)C(=O)C2=O)c1. The van der Waals surface area contributed by atoms with Crippen LogP contribution in [-0.4, -0.2) is 73.5 Å². The second-order valence-electron chi connectivity index (χ2n) is 11.1. The molecule has 5 rings (SSSR count). The maximum absolute atomic E-state index is 13.8. The summed E-state index contributed by atoms with van der Waals surface area (Å²) < 4.78 is 6.82. The van der Waals surface area contributed by atoms with Gasteiger partial charge in [0.05, 0.1) is 16.9 Å². The first kappa shape index (κ1) is 30.4. The number of rotatable bonds is 8. The summed E-state index contributed by atoms with van der Waals surface area (Å²) in [7, 11) is 0. The van der Waals surface area contributed by atoms with Gasteiger partial charge in [0.25, 0.3) is 0 Å². The molecule has 44 heavy (non-hydrogen) atoms. The second kappa shape index (κ2) is 12.6. The van der Waals surface area contributed by atoms with Gasteiger partial charge in [0.1, 0.15) is 18.0 Å². The summed E-state index contributed by atoms with van der Waals surface area (Å²) in [5.74, 6) is -2.72. The third-order valence-corrected chi connectivity index (χ3v) is 7.03. The van der Waals surface area contributed by atoms with E-state index in [-0.39, 0.29) is 25.1 Å². The van der Waals surface area contributed by atoms with E-state index in [1.165, 1.54) is 26.9 Å². The Hall–Kier alpha value is -5.10. The smallest absolute Gasteiger partial charge is 0.338 e. The first-order chi connectivity index (χ1) is 21.0. The molecule has 1 N–H and O–H groups in total. The number of esters is 1. The maximum Gasteiger partial charge on any atom is 0.338 e. The predicted octanol–water partition coefficient (Wildman–Crippen LogP) is 3.70. The molecular weight excluding hydrogens is 586 g/mol. The van der Waals surface area contributed by atoms with E-state index in [1.807, 2.05) is 30.3 Å². The number of ether oxygens (including phenoxy) is 1. The van der Waals surface area contributed by atoms with Gasteiger partial charge in [-0.3, -0.25) is 14.4 Å². The lowest BCUT2D eigenvalue weighted by Gasteiger charge is -2.38. The summed E-state index contributed by atoms with van der Waals surface area (Å²) in [6.45, 7) is 5.45. The molecule has 1 unspecified atom stereocenters. The van der Waals surface area contributed by atoms with Crippen LogP contribution in [0, 0.1) is 0 Å². The van der Waals surface area contributed by atoms with Crippen molar-refractivity contribution < 1.29 is 23.9 Å². The second-order valence-corrected chi connectivity index (χ2v) is 11.6.